The van der Waals surface area contributed by atoms with E-state index in [2.05, 4.69) is 0 Å². The lowest BCUT2D eigenvalue weighted by molar-refractivity contribution is -0.0562. The van der Waals surface area contributed by atoms with E-state index in [4.69, 9.17) is 0 Å². The summed E-state index contributed by atoms with van der Waals surface area (Å²) in [6.45, 7) is 0.557. The molecule has 0 unspecified atom stereocenters. The summed E-state index contributed by atoms with van der Waals surface area (Å²) in [5.74, 6) is -0.0763. The molecule has 1 N–H and O–H groups in total. The normalized spacial score (nSPS) is 23.8. The molecule has 1 atom stereocenters. The van der Waals surface area contributed by atoms with Crippen LogP contribution in [0.2, 0.25) is 0 Å². The van der Waals surface area contributed by atoms with Gasteiger partial charge >= 0.3 is 0 Å². The van der Waals surface area contributed by atoms with E-state index in [1.165, 1.54) is 0 Å². The van der Waals surface area contributed by atoms with Gasteiger partial charge in [-0.25, -0.2) is 0 Å². The average Bonchev–Trinajstić information content (AvgIpc) is 2.69. The summed E-state index contributed by atoms with van der Waals surface area (Å²) < 4.78 is 0. The van der Waals surface area contributed by atoms with Crippen molar-refractivity contribution in [3.8, 4) is 0 Å². The Hall–Kier alpha value is -2.13. The minimum Gasteiger partial charge on any atom is -0.363 e. The second kappa shape index (κ2) is 3.45. The maximum Gasteiger partial charge on any atom is 0.257 e. The van der Waals surface area contributed by atoms with E-state index < -0.39 is 5.72 Å². The molecule has 3 nitrogen and oxygen atoms in total. The summed E-state index contributed by atoms with van der Waals surface area (Å²) in [7, 11) is 0. The molecule has 2 aromatic carbocycles. The van der Waals surface area contributed by atoms with E-state index in [1.807, 2.05) is 42.5 Å². The summed E-state index contributed by atoms with van der Waals surface area (Å²) in [5.41, 5.74) is 1.97. The van der Waals surface area contributed by atoms with E-state index in [0.29, 0.717) is 17.7 Å². The topological polar surface area (TPSA) is 40.5 Å². The Kier molecular flexibility index (Phi) is 1.96. The van der Waals surface area contributed by atoms with Crippen molar-refractivity contribution >= 4 is 5.91 Å². The van der Waals surface area contributed by atoms with Crippen molar-refractivity contribution in [2.24, 2.45) is 0 Å². The van der Waals surface area contributed by atoms with Crippen LogP contribution in [-0.2, 0) is 12.1 Å². The largest absolute Gasteiger partial charge is 0.363 e. The molecule has 0 bridgehead atoms. The standard InChI is InChI=1S/C16H13NO2/c18-15-12-6-2-4-8-14(12)16(19)13-7-3-1-5-11(13)9-10-17(15)16/h1-8,19H,9-10H2/t16-/m0/s1. The highest BCUT2D eigenvalue weighted by Gasteiger charge is 2.51. The van der Waals surface area contributed by atoms with Gasteiger partial charge in [-0.2, -0.15) is 0 Å². The van der Waals surface area contributed by atoms with Gasteiger partial charge in [0.25, 0.3) is 5.91 Å². The van der Waals surface area contributed by atoms with E-state index in [-0.39, 0.29) is 5.91 Å². The zero-order valence-electron chi connectivity index (χ0n) is 10.3. The van der Waals surface area contributed by atoms with Gasteiger partial charge in [-0.05, 0) is 18.1 Å². The number of hydrogen-bond donors (Lipinski definition) is 1. The van der Waals surface area contributed by atoms with Crippen LogP contribution >= 0.6 is 0 Å². The summed E-state index contributed by atoms with van der Waals surface area (Å²) >= 11 is 0. The molecule has 0 saturated carbocycles. The predicted molar refractivity (Wildman–Crippen MR) is 70.6 cm³/mol. The molecule has 1 amide bonds. The van der Waals surface area contributed by atoms with E-state index in [0.717, 1.165) is 17.5 Å². The summed E-state index contributed by atoms with van der Waals surface area (Å²) in [6.07, 6.45) is 0.790. The lowest BCUT2D eigenvalue weighted by atomic mass is 9.86. The molecule has 0 aliphatic carbocycles. The minimum atomic E-state index is -1.29. The number of rotatable bonds is 0. The second-order valence-electron chi connectivity index (χ2n) is 5.08. The van der Waals surface area contributed by atoms with Gasteiger partial charge in [0.2, 0.25) is 0 Å². The van der Waals surface area contributed by atoms with Crippen molar-refractivity contribution in [1.29, 1.82) is 0 Å². The SMILES string of the molecule is O=C1c2ccccc2[C@@]2(O)c3ccccc3CCN12. The van der Waals surface area contributed by atoms with Crippen molar-refractivity contribution in [2.45, 2.75) is 12.1 Å². The number of fused-ring (bicyclic) bond motifs is 5. The Morgan fingerprint density at radius 1 is 1.00 bits per heavy atom. The Morgan fingerprint density at radius 2 is 1.68 bits per heavy atom. The first kappa shape index (κ1) is 10.8. The Labute approximate surface area is 111 Å². The molecular formula is C16H13NO2. The number of nitrogens with zero attached hydrogens (tertiary/aromatic N) is 1. The lowest BCUT2D eigenvalue weighted by Crippen LogP contribution is -2.49. The molecule has 2 heterocycles. The molecule has 19 heavy (non-hydrogen) atoms. The molecule has 0 radical (unpaired) electrons. The average molecular weight is 251 g/mol. The van der Waals surface area contributed by atoms with E-state index in [1.54, 1.807) is 11.0 Å². The molecule has 0 saturated heterocycles. The second-order valence-corrected chi connectivity index (χ2v) is 5.08. The number of aliphatic hydroxyl groups is 1. The Morgan fingerprint density at radius 3 is 2.53 bits per heavy atom. The van der Waals surface area contributed by atoms with Crippen LogP contribution in [0.15, 0.2) is 48.5 Å². The monoisotopic (exact) mass is 251 g/mol. The van der Waals surface area contributed by atoms with Gasteiger partial charge in [0.05, 0.1) is 0 Å². The molecular weight excluding hydrogens is 238 g/mol. The predicted octanol–water partition coefficient (Wildman–Crippen LogP) is 1.89. The molecule has 0 fully saturated rings. The maximum absolute atomic E-state index is 12.4. The quantitative estimate of drug-likeness (QED) is 0.776. The van der Waals surface area contributed by atoms with Crippen molar-refractivity contribution < 1.29 is 9.90 Å². The Balaban J connectivity index is 2.05. The van der Waals surface area contributed by atoms with Gasteiger partial charge in [0.15, 0.2) is 5.72 Å². The fourth-order valence-corrected chi connectivity index (χ4v) is 3.28. The third-order valence-electron chi connectivity index (χ3n) is 4.17. The fraction of sp³-hybridized carbons (Fsp3) is 0.188. The van der Waals surface area contributed by atoms with Gasteiger partial charge < -0.3 is 10.0 Å². The highest BCUT2D eigenvalue weighted by molar-refractivity contribution is 6.00. The van der Waals surface area contributed by atoms with Crippen LogP contribution in [0.25, 0.3) is 0 Å². The van der Waals surface area contributed by atoms with Crippen LogP contribution in [0, 0.1) is 0 Å². The first-order valence-corrected chi connectivity index (χ1v) is 6.45. The smallest absolute Gasteiger partial charge is 0.257 e. The maximum atomic E-state index is 12.4. The summed E-state index contributed by atoms with van der Waals surface area (Å²) in [5, 5.41) is 11.2. The van der Waals surface area contributed by atoms with Gasteiger partial charge in [-0.3, -0.25) is 4.79 Å². The van der Waals surface area contributed by atoms with Crippen LogP contribution < -0.4 is 0 Å². The van der Waals surface area contributed by atoms with Crippen molar-refractivity contribution in [3.63, 3.8) is 0 Å². The van der Waals surface area contributed by atoms with Crippen LogP contribution in [0.1, 0.15) is 27.0 Å². The highest BCUT2D eigenvalue weighted by Crippen LogP contribution is 2.45. The zero-order valence-corrected chi connectivity index (χ0v) is 10.3. The molecule has 94 valence electrons. The Bertz CT molecular complexity index is 695. The molecule has 2 aliphatic heterocycles. The summed E-state index contributed by atoms with van der Waals surface area (Å²) in [4.78, 5) is 14.0. The van der Waals surface area contributed by atoms with Crippen molar-refractivity contribution in [1.82, 2.24) is 4.90 Å². The number of carbonyl (C=O) groups excluding carboxylic acids is 1. The van der Waals surface area contributed by atoms with E-state index in [9.17, 15) is 9.90 Å². The van der Waals surface area contributed by atoms with Gasteiger partial charge in [-0.15, -0.1) is 0 Å². The number of hydrogen-bond acceptors (Lipinski definition) is 2. The molecule has 0 spiro atoms. The first-order valence-electron chi connectivity index (χ1n) is 6.45. The van der Waals surface area contributed by atoms with Crippen LogP contribution in [-0.4, -0.2) is 22.5 Å². The van der Waals surface area contributed by atoms with Crippen molar-refractivity contribution in [2.75, 3.05) is 6.54 Å². The highest BCUT2D eigenvalue weighted by atomic mass is 16.3. The third-order valence-corrected chi connectivity index (χ3v) is 4.17. The van der Waals surface area contributed by atoms with Crippen LogP contribution in [0.4, 0.5) is 0 Å². The van der Waals surface area contributed by atoms with Gasteiger partial charge in [-0.1, -0.05) is 42.5 Å². The third kappa shape index (κ3) is 1.18. The van der Waals surface area contributed by atoms with Crippen LogP contribution in [0.3, 0.4) is 0 Å². The minimum absolute atomic E-state index is 0.0763. The molecule has 4 rings (SSSR count). The van der Waals surface area contributed by atoms with E-state index >= 15 is 0 Å². The summed E-state index contributed by atoms with van der Waals surface area (Å²) in [6, 6.07) is 15.2. The van der Waals surface area contributed by atoms with Crippen molar-refractivity contribution in [3.05, 3.63) is 70.8 Å². The molecule has 3 heteroatoms. The fourth-order valence-electron chi connectivity index (χ4n) is 3.28. The number of carbonyl (C=O) groups is 1. The van der Waals surface area contributed by atoms with Gasteiger partial charge in [0, 0.05) is 23.2 Å². The lowest BCUT2D eigenvalue weighted by Gasteiger charge is -2.39. The number of benzene rings is 2. The first-order chi connectivity index (χ1) is 9.23. The number of amides is 1. The van der Waals surface area contributed by atoms with Crippen LogP contribution in [0.5, 0.6) is 0 Å². The zero-order chi connectivity index (χ0) is 13.0. The molecule has 2 aromatic rings. The molecule has 2 aliphatic rings. The van der Waals surface area contributed by atoms with Gasteiger partial charge in [0.1, 0.15) is 0 Å². The molecule has 0 aromatic heterocycles.